The molecule has 1 unspecified atom stereocenters. The SMILES string of the molecule is Nc1cccc(C(N)c2cccc3ccccc23)c1. The third kappa shape index (κ3) is 2.18. The molecule has 0 fully saturated rings. The normalized spacial score (nSPS) is 12.5. The number of rotatable bonds is 2. The Balaban J connectivity index is 2.14. The Labute approximate surface area is 112 Å². The van der Waals surface area contributed by atoms with Gasteiger partial charge in [-0.15, -0.1) is 0 Å². The molecule has 0 amide bonds. The summed E-state index contributed by atoms with van der Waals surface area (Å²) in [5.74, 6) is 0. The van der Waals surface area contributed by atoms with E-state index in [1.54, 1.807) is 0 Å². The third-order valence-electron chi connectivity index (χ3n) is 3.43. The second-order valence-corrected chi connectivity index (χ2v) is 4.72. The number of nitrogens with two attached hydrogens (primary N) is 2. The van der Waals surface area contributed by atoms with E-state index in [2.05, 4.69) is 24.3 Å². The van der Waals surface area contributed by atoms with Crippen molar-refractivity contribution in [1.29, 1.82) is 0 Å². The van der Waals surface area contributed by atoms with Crippen molar-refractivity contribution in [3.63, 3.8) is 0 Å². The lowest BCUT2D eigenvalue weighted by Gasteiger charge is -2.15. The van der Waals surface area contributed by atoms with Gasteiger partial charge in [0.2, 0.25) is 0 Å². The molecule has 19 heavy (non-hydrogen) atoms. The van der Waals surface area contributed by atoms with E-state index >= 15 is 0 Å². The van der Waals surface area contributed by atoms with Crippen molar-refractivity contribution in [3.05, 3.63) is 77.9 Å². The molecule has 2 nitrogen and oxygen atoms in total. The zero-order valence-electron chi connectivity index (χ0n) is 10.6. The molecule has 0 aromatic heterocycles. The van der Waals surface area contributed by atoms with Crippen LogP contribution in [0.3, 0.4) is 0 Å². The number of fused-ring (bicyclic) bond motifs is 1. The van der Waals surface area contributed by atoms with Crippen LogP contribution in [0.2, 0.25) is 0 Å². The Hall–Kier alpha value is -2.32. The first-order valence-electron chi connectivity index (χ1n) is 6.34. The van der Waals surface area contributed by atoms with Gasteiger partial charge in [-0.25, -0.2) is 0 Å². The summed E-state index contributed by atoms with van der Waals surface area (Å²) < 4.78 is 0. The average molecular weight is 248 g/mol. The summed E-state index contributed by atoms with van der Waals surface area (Å²) in [7, 11) is 0. The molecule has 0 bridgehead atoms. The molecular formula is C17H16N2. The predicted octanol–water partition coefficient (Wildman–Crippen LogP) is 3.47. The molecule has 1 atom stereocenters. The van der Waals surface area contributed by atoms with Crippen LogP contribution in [0.15, 0.2) is 66.7 Å². The van der Waals surface area contributed by atoms with E-state index in [-0.39, 0.29) is 6.04 Å². The van der Waals surface area contributed by atoms with Crippen LogP contribution in [0.5, 0.6) is 0 Å². The van der Waals surface area contributed by atoms with Crippen molar-refractivity contribution < 1.29 is 0 Å². The first-order chi connectivity index (χ1) is 9.25. The van der Waals surface area contributed by atoms with Crippen molar-refractivity contribution in [2.75, 3.05) is 5.73 Å². The maximum absolute atomic E-state index is 6.40. The molecule has 94 valence electrons. The lowest BCUT2D eigenvalue weighted by molar-refractivity contribution is 0.881. The van der Waals surface area contributed by atoms with E-state index in [1.807, 2.05) is 42.5 Å². The van der Waals surface area contributed by atoms with Gasteiger partial charge < -0.3 is 11.5 Å². The fourth-order valence-electron chi connectivity index (χ4n) is 2.45. The van der Waals surface area contributed by atoms with E-state index in [0.717, 1.165) is 16.8 Å². The highest BCUT2D eigenvalue weighted by Gasteiger charge is 2.11. The molecule has 0 aliphatic heterocycles. The lowest BCUT2D eigenvalue weighted by Crippen LogP contribution is -2.12. The van der Waals surface area contributed by atoms with Crippen molar-refractivity contribution in [2.24, 2.45) is 5.73 Å². The van der Waals surface area contributed by atoms with Crippen LogP contribution < -0.4 is 11.5 Å². The Morgan fingerprint density at radius 2 is 1.53 bits per heavy atom. The molecule has 0 heterocycles. The molecular weight excluding hydrogens is 232 g/mol. The first-order valence-corrected chi connectivity index (χ1v) is 6.34. The zero-order valence-corrected chi connectivity index (χ0v) is 10.6. The van der Waals surface area contributed by atoms with Gasteiger partial charge in [-0.2, -0.15) is 0 Å². The fraction of sp³-hybridized carbons (Fsp3) is 0.0588. The summed E-state index contributed by atoms with van der Waals surface area (Å²) in [6.07, 6.45) is 0. The fourth-order valence-corrected chi connectivity index (χ4v) is 2.45. The summed E-state index contributed by atoms with van der Waals surface area (Å²) in [6, 6.07) is 22.1. The minimum Gasteiger partial charge on any atom is -0.399 e. The Morgan fingerprint density at radius 1 is 0.789 bits per heavy atom. The Bertz CT molecular complexity index is 714. The molecule has 2 heteroatoms. The highest BCUT2D eigenvalue weighted by atomic mass is 14.6. The van der Waals surface area contributed by atoms with E-state index in [1.165, 1.54) is 10.8 Å². The van der Waals surface area contributed by atoms with Gasteiger partial charge in [-0.05, 0) is 34.0 Å². The summed E-state index contributed by atoms with van der Waals surface area (Å²) in [5, 5.41) is 2.40. The minimum absolute atomic E-state index is 0.158. The van der Waals surface area contributed by atoms with Crippen LogP contribution in [0.1, 0.15) is 17.2 Å². The van der Waals surface area contributed by atoms with Gasteiger partial charge in [0.05, 0.1) is 6.04 Å². The molecule has 0 saturated carbocycles. The highest BCUT2D eigenvalue weighted by molar-refractivity contribution is 5.86. The van der Waals surface area contributed by atoms with Gasteiger partial charge in [0, 0.05) is 5.69 Å². The minimum atomic E-state index is -0.158. The zero-order chi connectivity index (χ0) is 13.2. The molecule has 3 aromatic rings. The van der Waals surface area contributed by atoms with Crippen molar-refractivity contribution in [3.8, 4) is 0 Å². The topological polar surface area (TPSA) is 52.0 Å². The maximum Gasteiger partial charge on any atom is 0.0558 e. The van der Waals surface area contributed by atoms with Gasteiger partial charge in [0.1, 0.15) is 0 Å². The van der Waals surface area contributed by atoms with E-state index < -0.39 is 0 Å². The number of nitrogen functional groups attached to an aromatic ring is 1. The van der Waals surface area contributed by atoms with Crippen LogP contribution in [0.4, 0.5) is 5.69 Å². The predicted molar refractivity (Wildman–Crippen MR) is 80.8 cm³/mol. The number of benzene rings is 3. The number of hydrogen-bond acceptors (Lipinski definition) is 2. The van der Waals surface area contributed by atoms with E-state index in [4.69, 9.17) is 11.5 Å². The lowest BCUT2D eigenvalue weighted by atomic mass is 9.94. The summed E-state index contributed by atoms with van der Waals surface area (Å²) in [6.45, 7) is 0. The molecule has 0 spiro atoms. The molecule has 4 N–H and O–H groups in total. The average Bonchev–Trinajstić information content (AvgIpc) is 2.46. The quantitative estimate of drug-likeness (QED) is 0.682. The van der Waals surface area contributed by atoms with Crippen molar-refractivity contribution >= 4 is 16.5 Å². The van der Waals surface area contributed by atoms with Crippen LogP contribution in [-0.2, 0) is 0 Å². The van der Waals surface area contributed by atoms with Crippen LogP contribution >= 0.6 is 0 Å². The first kappa shape index (κ1) is 11.8. The molecule has 3 aromatic carbocycles. The third-order valence-corrected chi connectivity index (χ3v) is 3.43. The molecule has 0 aliphatic carbocycles. The number of anilines is 1. The van der Waals surface area contributed by atoms with E-state index in [9.17, 15) is 0 Å². The Kier molecular flexibility index (Phi) is 2.94. The molecule has 0 radical (unpaired) electrons. The van der Waals surface area contributed by atoms with Gasteiger partial charge in [0.15, 0.2) is 0 Å². The summed E-state index contributed by atoms with van der Waals surface area (Å²) in [4.78, 5) is 0. The monoisotopic (exact) mass is 248 g/mol. The summed E-state index contributed by atoms with van der Waals surface area (Å²) >= 11 is 0. The van der Waals surface area contributed by atoms with Gasteiger partial charge in [-0.1, -0.05) is 54.6 Å². The molecule has 0 aliphatic rings. The molecule has 0 saturated heterocycles. The van der Waals surface area contributed by atoms with Crippen LogP contribution in [0.25, 0.3) is 10.8 Å². The highest BCUT2D eigenvalue weighted by Crippen LogP contribution is 2.27. The second kappa shape index (κ2) is 4.75. The van der Waals surface area contributed by atoms with E-state index in [0.29, 0.717) is 0 Å². The largest absolute Gasteiger partial charge is 0.399 e. The second-order valence-electron chi connectivity index (χ2n) is 4.72. The smallest absolute Gasteiger partial charge is 0.0558 e. The van der Waals surface area contributed by atoms with Gasteiger partial charge in [0.25, 0.3) is 0 Å². The maximum atomic E-state index is 6.40. The van der Waals surface area contributed by atoms with Gasteiger partial charge in [-0.3, -0.25) is 0 Å². The van der Waals surface area contributed by atoms with Crippen LogP contribution in [-0.4, -0.2) is 0 Å². The van der Waals surface area contributed by atoms with Gasteiger partial charge >= 0.3 is 0 Å². The molecule has 3 rings (SSSR count). The van der Waals surface area contributed by atoms with Crippen molar-refractivity contribution in [2.45, 2.75) is 6.04 Å². The Morgan fingerprint density at radius 3 is 2.37 bits per heavy atom. The van der Waals surface area contributed by atoms with Crippen molar-refractivity contribution in [1.82, 2.24) is 0 Å². The number of hydrogen-bond donors (Lipinski definition) is 2. The van der Waals surface area contributed by atoms with Crippen LogP contribution in [0, 0.1) is 0 Å². The summed E-state index contributed by atoms with van der Waals surface area (Å²) in [5.41, 5.74) is 15.1. The standard InChI is InChI=1S/C17H16N2/c18-14-8-3-7-13(11-14)17(19)16-10-4-6-12-5-1-2-9-15(12)16/h1-11,17H,18-19H2.